The van der Waals surface area contributed by atoms with E-state index in [2.05, 4.69) is 10.6 Å². The number of halogens is 1. The fourth-order valence-corrected chi connectivity index (χ4v) is 0.927. The van der Waals surface area contributed by atoms with E-state index in [0.29, 0.717) is 0 Å². The van der Waals surface area contributed by atoms with Crippen LogP contribution in [0.2, 0.25) is 0 Å². The minimum Gasteiger partial charge on any atom is -0.341 e. The summed E-state index contributed by atoms with van der Waals surface area (Å²) in [5, 5.41) is 13.3. The summed E-state index contributed by atoms with van der Waals surface area (Å²) in [6.07, 6.45) is 0. The van der Waals surface area contributed by atoms with Gasteiger partial charge in [0.15, 0.2) is 0 Å². The van der Waals surface area contributed by atoms with Crippen LogP contribution < -0.4 is 10.6 Å². The van der Waals surface area contributed by atoms with Gasteiger partial charge in [-0.25, -0.2) is 9.18 Å². The highest BCUT2D eigenvalue weighted by Gasteiger charge is 2.08. The molecule has 0 atom stereocenters. The Hall–Kier alpha value is -2.09. The largest absolute Gasteiger partial charge is 0.341 e. The highest BCUT2D eigenvalue weighted by atomic mass is 19.1. The van der Waals surface area contributed by atoms with Crippen LogP contribution in [0.5, 0.6) is 0 Å². The molecule has 0 saturated carbocycles. The number of carbonyl (C=O) groups excluding carboxylic acids is 1. The summed E-state index contributed by atoms with van der Waals surface area (Å²) in [7, 11) is 1.43. The van der Waals surface area contributed by atoms with E-state index in [1.807, 2.05) is 0 Å². The first-order valence-corrected chi connectivity index (χ1v) is 3.86. The molecule has 1 rings (SSSR count). The lowest BCUT2D eigenvalue weighted by Gasteiger charge is -2.05. The van der Waals surface area contributed by atoms with E-state index < -0.39 is 11.8 Å². The summed E-state index contributed by atoms with van der Waals surface area (Å²) in [5.41, 5.74) is -0.0112. The maximum atomic E-state index is 13.0. The number of nitrogens with one attached hydrogen (secondary N) is 2. The van der Waals surface area contributed by atoms with E-state index in [1.54, 1.807) is 6.07 Å². The van der Waals surface area contributed by atoms with Gasteiger partial charge >= 0.3 is 6.03 Å². The highest BCUT2D eigenvalue weighted by molar-refractivity contribution is 5.90. The number of urea groups is 1. The first kappa shape index (κ1) is 9.99. The van der Waals surface area contributed by atoms with Crippen LogP contribution in [0.1, 0.15) is 5.56 Å². The summed E-state index contributed by atoms with van der Waals surface area (Å²) < 4.78 is 13.0. The second-order valence-corrected chi connectivity index (χ2v) is 2.48. The molecular weight excluding hydrogens is 185 g/mol. The molecule has 5 heteroatoms. The van der Waals surface area contributed by atoms with Crippen molar-refractivity contribution in [1.82, 2.24) is 5.32 Å². The van der Waals surface area contributed by atoms with Crippen LogP contribution in [-0.2, 0) is 0 Å². The Labute approximate surface area is 80.3 Å². The van der Waals surface area contributed by atoms with Gasteiger partial charge in [0, 0.05) is 7.05 Å². The molecule has 0 saturated heterocycles. The summed E-state index contributed by atoms with van der Waals surface area (Å²) in [5.74, 6) is -0.651. The molecule has 1 aromatic rings. The lowest BCUT2D eigenvalue weighted by molar-refractivity contribution is 0.254. The van der Waals surface area contributed by atoms with Crippen LogP contribution in [0.3, 0.4) is 0 Å². The molecule has 14 heavy (non-hydrogen) atoms. The highest BCUT2D eigenvalue weighted by Crippen LogP contribution is 2.17. The van der Waals surface area contributed by atoms with Crippen molar-refractivity contribution >= 4 is 11.7 Å². The number of rotatable bonds is 1. The maximum Gasteiger partial charge on any atom is 0.319 e. The molecular formula is C9H8FN3O. The van der Waals surface area contributed by atoms with Gasteiger partial charge < -0.3 is 10.6 Å². The molecule has 0 spiro atoms. The monoisotopic (exact) mass is 193 g/mol. The Kier molecular flexibility index (Phi) is 3.02. The average molecular weight is 193 g/mol. The topological polar surface area (TPSA) is 64.9 Å². The molecule has 4 nitrogen and oxygen atoms in total. The molecule has 1 aromatic carbocycles. The molecule has 0 aliphatic heterocycles. The average Bonchev–Trinajstić information content (AvgIpc) is 2.18. The molecule has 0 unspecified atom stereocenters. The SMILES string of the molecule is CNC(=O)Nc1cccc(F)c1C#N. The quantitative estimate of drug-likeness (QED) is 0.708. The van der Waals surface area contributed by atoms with Crippen molar-refractivity contribution < 1.29 is 9.18 Å². The van der Waals surface area contributed by atoms with Crippen LogP contribution >= 0.6 is 0 Å². The van der Waals surface area contributed by atoms with Gasteiger partial charge in [-0.15, -0.1) is 0 Å². The van der Waals surface area contributed by atoms with Crippen LogP contribution in [-0.4, -0.2) is 13.1 Å². The van der Waals surface area contributed by atoms with Gasteiger partial charge in [-0.2, -0.15) is 5.26 Å². The minimum absolute atomic E-state index is 0.159. The van der Waals surface area contributed by atoms with Crippen molar-refractivity contribution in [2.24, 2.45) is 0 Å². The second kappa shape index (κ2) is 4.23. The van der Waals surface area contributed by atoms with Gasteiger partial charge in [-0.05, 0) is 12.1 Å². The molecule has 2 N–H and O–H groups in total. The zero-order chi connectivity index (χ0) is 10.6. The number of anilines is 1. The smallest absolute Gasteiger partial charge is 0.319 e. The molecule has 0 fully saturated rings. The van der Waals surface area contributed by atoms with Crippen LogP contribution in [0.4, 0.5) is 14.9 Å². The Morgan fingerprint density at radius 3 is 2.86 bits per heavy atom. The molecule has 0 heterocycles. The molecule has 0 aromatic heterocycles. The normalized spacial score (nSPS) is 8.93. The van der Waals surface area contributed by atoms with Gasteiger partial charge in [0.05, 0.1) is 5.69 Å². The summed E-state index contributed by atoms with van der Waals surface area (Å²) in [4.78, 5) is 10.9. The van der Waals surface area contributed by atoms with Crippen LogP contribution in [0.25, 0.3) is 0 Å². The van der Waals surface area contributed by atoms with Crippen LogP contribution in [0.15, 0.2) is 18.2 Å². The Balaban J connectivity index is 3.04. The van der Waals surface area contributed by atoms with E-state index in [9.17, 15) is 9.18 Å². The van der Waals surface area contributed by atoms with E-state index >= 15 is 0 Å². The van der Waals surface area contributed by atoms with Gasteiger partial charge in [-0.3, -0.25) is 0 Å². The Morgan fingerprint density at radius 2 is 2.29 bits per heavy atom. The van der Waals surface area contributed by atoms with Gasteiger partial charge in [-0.1, -0.05) is 6.07 Å². The zero-order valence-corrected chi connectivity index (χ0v) is 7.47. The lowest BCUT2D eigenvalue weighted by Crippen LogP contribution is -2.25. The van der Waals surface area contributed by atoms with E-state index in [4.69, 9.17) is 5.26 Å². The van der Waals surface area contributed by atoms with Gasteiger partial charge in [0.2, 0.25) is 0 Å². The standard InChI is InChI=1S/C9H8FN3O/c1-12-9(14)13-8-4-2-3-7(10)6(8)5-11/h2-4H,1H3,(H2,12,13,14). The lowest BCUT2D eigenvalue weighted by atomic mass is 10.2. The number of benzene rings is 1. The molecule has 0 bridgehead atoms. The number of nitrogens with zero attached hydrogens (tertiary/aromatic N) is 1. The summed E-state index contributed by atoms with van der Waals surface area (Å²) >= 11 is 0. The fourth-order valence-electron chi connectivity index (χ4n) is 0.927. The van der Waals surface area contributed by atoms with Crippen molar-refractivity contribution in [2.45, 2.75) is 0 Å². The molecule has 0 aliphatic rings. The third kappa shape index (κ3) is 1.98. The zero-order valence-electron chi connectivity index (χ0n) is 7.47. The van der Waals surface area contributed by atoms with Crippen molar-refractivity contribution in [3.05, 3.63) is 29.6 Å². The minimum atomic E-state index is -0.651. The Morgan fingerprint density at radius 1 is 1.57 bits per heavy atom. The molecule has 0 radical (unpaired) electrons. The van der Waals surface area contributed by atoms with Gasteiger partial charge in [0.25, 0.3) is 0 Å². The molecule has 72 valence electrons. The first-order chi connectivity index (χ1) is 6.69. The van der Waals surface area contributed by atoms with Gasteiger partial charge in [0.1, 0.15) is 17.4 Å². The van der Waals surface area contributed by atoms with Crippen molar-refractivity contribution in [3.63, 3.8) is 0 Å². The van der Waals surface area contributed by atoms with Crippen molar-refractivity contribution in [3.8, 4) is 6.07 Å². The van der Waals surface area contributed by atoms with Crippen molar-refractivity contribution in [1.29, 1.82) is 5.26 Å². The van der Waals surface area contributed by atoms with E-state index in [1.165, 1.54) is 19.2 Å². The molecule has 2 amide bonds. The second-order valence-electron chi connectivity index (χ2n) is 2.48. The van der Waals surface area contributed by atoms with Crippen LogP contribution in [0, 0.1) is 17.1 Å². The maximum absolute atomic E-state index is 13.0. The predicted octanol–water partition coefficient (Wildman–Crippen LogP) is 1.45. The predicted molar refractivity (Wildman–Crippen MR) is 49.2 cm³/mol. The number of nitriles is 1. The number of amides is 2. The third-order valence-electron chi connectivity index (χ3n) is 1.60. The fraction of sp³-hybridized carbons (Fsp3) is 0.111. The number of hydrogen-bond acceptors (Lipinski definition) is 2. The number of carbonyl (C=O) groups is 1. The van der Waals surface area contributed by atoms with E-state index in [-0.39, 0.29) is 11.3 Å². The molecule has 0 aliphatic carbocycles. The summed E-state index contributed by atoms with van der Waals surface area (Å²) in [6.45, 7) is 0. The van der Waals surface area contributed by atoms with Crippen molar-refractivity contribution in [2.75, 3.05) is 12.4 Å². The Bertz CT molecular complexity index is 398. The number of hydrogen-bond donors (Lipinski definition) is 2. The van der Waals surface area contributed by atoms with E-state index in [0.717, 1.165) is 6.07 Å². The first-order valence-electron chi connectivity index (χ1n) is 3.86. The summed E-state index contributed by atoms with van der Waals surface area (Å²) in [6, 6.07) is 5.22. The third-order valence-corrected chi connectivity index (χ3v) is 1.60.